The molecule has 33 heavy (non-hydrogen) atoms. The van der Waals surface area contributed by atoms with Crippen molar-refractivity contribution in [2.75, 3.05) is 0 Å². The third-order valence-corrected chi connectivity index (χ3v) is 5.87. The summed E-state index contributed by atoms with van der Waals surface area (Å²) in [7, 11) is 0. The highest BCUT2D eigenvalue weighted by molar-refractivity contribution is 6.34. The van der Waals surface area contributed by atoms with Gasteiger partial charge in [-0.2, -0.15) is 0 Å². The van der Waals surface area contributed by atoms with Gasteiger partial charge < -0.3 is 9.64 Å². The average molecular weight is 490 g/mol. The monoisotopic (exact) mass is 489 g/mol. The van der Waals surface area contributed by atoms with Gasteiger partial charge in [-0.15, -0.1) is 13.2 Å². The first-order valence-electron chi connectivity index (χ1n) is 10.2. The number of fused-ring (bicyclic) bond motifs is 1. The van der Waals surface area contributed by atoms with E-state index in [1.165, 1.54) is 12.1 Å². The van der Waals surface area contributed by atoms with Crippen molar-refractivity contribution in [2.45, 2.75) is 25.4 Å². The minimum atomic E-state index is -4.71. The maximum absolute atomic E-state index is 12.5. The Balaban J connectivity index is 1.58. The molecule has 1 atom stereocenters. The number of rotatable bonds is 6. The topological polar surface area (TPSA) is 12.5 Å². The quantitative estimate of drug-likeness (QED) is 0.343. The molecule has 1 aliphatic rings. The van der Waals surface area contributed by atoms with Crippen molar-refractivity contribution >= 4 is 34.9 Å². The van der Waals surface area contributed by atoms with Gasteiger partial charge in [-0.1, -0.05) is 66.2 Å². The van der Waals surface area contributed by atoms with Gasteiger partial charge in [0.1, 0.15) is 5.75 Å². The fraction of sp³-hybridized carbons (Fsp3) is 0.154. The fourth-order valence-corrected chi connectivity index (χ4v) is 4.46. The van der Waals surface area contributed by atoms with Crippen LogP contribution in [0.25, 0.3) is 11.6 Å². The predicted molar refractivity (Wildman–Crippen MR) is 127 cm³/mol. The van der Waals surface area contributed by atoms with Crippen molar-refractivity contribution in [3.63, 3.8) is 0 Å². The van der Waals surface area contributed by atoms with E-state index >= 15 is 0 Å². The molecule has 0 aliphatic carbocycles. The second kappa shape index (κ2) is 9.54. The van der Waals surface area contributed by atoms with E-state index in [-0.39, 0.29) is 11.8 Å². The number of benzene rings is 3. The minimum Gasteiger partial charge on any atom is -0.406 e. The van der Waals surface area contributed by atoms with E-state index in [9.17, 15) is 13.2 Å². The lowest BCUT2D eigenvalue weighted by Gasteiger charge is -2.36. The molecule has 4 rings (SSSR count). The molecule has 0 radical (unpaired) electrons. The van der Waals surface area contributed by atoms with Crippen molar-refractivity contribution in [1.29, 1.82) is 0 Å². The number of hydrogen-bond acceptors (Lipinski definition) is 2. The molecule has 0 spiro atoms. The smallest absolute Gasteiger partial charge is 0.406 e. The SMILES string of the molecule is C=C(CC1c2ccccc2C=CN1Cc1ccc(OC(F)(F)F)cc1)c1cc(Cl)cc(Cl)c1. The highest BCUT2D eigenvalue weighted by Gasteiger charge is 2.31. The average Bonchev–Trinajstić information content (AvgIpc) is 2.75. The second-order valence-corrected chi connectivity index (χ2v) is 8.66. The summed E-state index contributed by atoms with van der Waals surface area (Å²) in [4.78, 5) is 2.15. The third kappa shape index (κ3) is 5.92. The summed E-state index contributed by atoms with van der Waals surface area (Å²) in [6, 6.07) is 19.4. The lowest BCUT2D eigenvalue weighted by molar-refractivity contribution is -0.274. The maximum Gasteiger partial charge on any atom is 0.573 e. The molecule has 3 aromatic carbocycles. The van der Waals surface area contributed by atoms with Crippen LogP contribution in [-0.2, 0) is 6.54 Å². The number of alkyl halides is 3. The first-order valence-corrected chi connectivity index (χ1v) is 11.0. The molecule has 0 amide bonds. The molecular formula is C26H20Cl2F3NO. The molecule has 1 heterocycles. The first-order chi connectivity index (χ1) is 15.7. The molecule has 0 fully saturated rings. The van der Waals surface area contributed by atoms with Gasteiger partial charge in [0, 0.05) is 22.8 Å². The van der Waals surface area contributed by atoms with Gasteiger partial charge in [0.15, 0.2) is 0 Å². The summed E-state index contributed by atoms with van der Waals surface area (Å²) in [6.45, 7) is 4.78. The zero-order chi connectivity index (χ0) is 23.6. The molecule has 0 saturated carbocycles. The summed E-state index contributed by atoms with van der Waals surface area (Å²) in [5.41, 5.74) is 4.87. The Morgan fingerprint density at radius 1 is 0.970 bits per heavy atom. The summed E-state index contributed by atoms with van der Waals surface area (Å²) >= 11 is 12.4. The van der Waals surface area contributed by atoms with Gasteiger partial charge >= 0.3 is 6.36 Å². The van der Waals surface area contributed by atoms with Gasteiger partial charge in [-0.3, -0.25) is 0 Å². The molecule has 7 heteroatoms. The highest BCUT2D eigenvalue weighted by Crippen LogP contribution is 2.38. The van der Waals surface area contributed by atoms with E-state index in [2.05, 4.69) is 28.3 Å². The van der Waals surface area contributed by atoms with E-state index in [1.807, 2.05) is 36.5 Å². The van der Waals surface area contributed by atoms with Crippen LogP contribution in [0.5, 0.6) is 5.75 Å². The zero-order valence-corrected chi connectivity index (χ0v) is 19.0. The summed E-state index contributed by atoms with van der Waals surface area (Å²) in [6.07, 6.45) is -0.0554. The summed E-state index contributed by atoms with van der Waals surface area (Å²) in [5.74, 6) is -0.242. The largest absolute Gasteiger partial charge is 0.573 e. The Labute approximate surface area is 200 Å². The van der Waals surface area contributed by atoms with E-state index in [1.54, 1.807) is 18.2 Å². The molecular weight excluding hydrogens is 470 g/mol. The molecule has 0 aromatic heterocycles. The zero-order valence-electron chi connectivity index (χ0n) is 17.4. The van der Waals surface area contributed by atoms with E-state index < -0.39 is 6.36 Å². The fourth-order valence-electron chi connectivity index (χ4n) is 3.93. The Morgan fingerprint density at radius 2 is 1.64 bits per heavy atom. The van der Waals surface area contributed by atoms with Crippen LogP contribution >= 0.6 is 23.2 Å². The van der Waals surface area contributed by atoms with Crippen LogP contribution in [0.2, 0.25) is 10.0 Å². The second-order valence-electron chi connectivity index (χ2n) is 7.79. The number of hydrogen-bond donors (Lipinski definition) is 0. The van der Waals surface area contributed by atoms with Crippen molar-refractivity contribution in [1.82, 2.24) is 4.90 Å². The van der Waals surface area contributed by atoms with Crippen LogP contribution in [0.4, 0.5) is 13.2 Å². The Hall–Kier alpha value is -2.89. The van der Waals surface area contributed by atoms with Crippen molar-refractivity contribution < 1.29 is 17.9 Å². The lowest BCUT2D eigenvalue weighted by Crippen LogP contribution is -2.26. The van der Waals surface area contributed by atoms with Crippen LogP contribution in [0.1, 0.15) is 34.7 Å². The first kappa shape index (κ1) is 23.3. The van der Waals surface area contributed by atoms with Gasteiger partial charge in [0.25, 0.3) is 0 Å². The minimum absolute atomic E-state index is 0.0254. The Bertz CT molecular complexity index is 1170. The standard InChI is InChI=1S/C26H20Cl2F3NO/c1-17(20-13-21(27)15-22(28)14-20)12-25-24-5-3-2-4-19(24)10-11-32(25)16-18-6-8-23(9-7-18)33-26(29,30)31/h2-11,13-15,25H,1,12,16H2. The molecule has 0 bridgehead atoms. The van der Waals surface area contributed by atoms with Crippen LogP contribution in [0.15, 0.2) is 79.5 Å². The third-order valence-electron chi connectivity index (χ3n) is 5.43. The van der Waals surface area contributed by atoms with Crippen LogP contribution in [-0.4, -0.2) is 11.3 Å². The number of halogens is 5. The van der Waals surface area contributed by atoms with Gasteiger partial charge in [0.05, 0.1) is 6.04 Å². The van der Waals surface area contributed by atoms with Crippen molar-refractivity contribution in [3.8, 4) is 5.75 Å². The Morgan fingerprint density at radius 3 is 2.30 bits per heavy atom. The molecule has 170 valence electrons. The summed E-state index contributed by atoms with van der Waals surface area (Å²) < 4.78 is 41.3. The molecule has 3 aromatic rings. The molecule has 2 nitrogen and oxygen atoms in total. The molecule has 1 unspecified atom stereocenters. The van der Waals surface area contributed by atoms with Crippen LogP contribution < -0.4 is 4.74 Å². The van der Waals surface area contributed by atoms with Crippen LogP contribution in [0.3, 0.4) is 0 Å². The number of ether oxygens (including phenoxy) is 1. The molecule has 0 N–H and O–H groups in total. The van der Waals surface area contributed by atoms with Crippen molar-refractivity contribution in [3.05, 3.63) is 112 Å². The normalized spacial score (nSPS) is 15.3. The maximum atomic E-state index is 12.5. The summed E-state index contributed by atoms with van der Waals surface area (Å²) in [5, 5.41) is 1.08. The van der Waals surface area contributed by atoms with E-state index in [0.717, 1.165) is 27.8 Å². The Kier molecular flexibility index (Phi) is 6.73. The van der Waals surface area contributed by atoms with Gasteiger partial charge in [-0.25, -0.2) is 0 Å². The van der Waals surface area contributed by atoms with E-state index in [0.29, 0.717) is 23.0 Å². The molecule has 1 aliphatic heterocycles. The molecule has 0 saturated heterocycles. The highest BCUT2D eigenvalue weighted by atomic mass is 35.5. The number of nitrogens with zero attached hydrogens (tertiary/aromatic N) is 1. The predicted octanol–water partition coefficient (Wildman–Crippen LogP) is 8.52. The van der Waals surface area contributed by atoms with Crippen LogP contribution in [0, 0.1) is 0 Å². The van der Waals surface area contributed by atoms with Crippen molar-refractivity contribution in [2.24, 2.45) is 0 Å². The van der Waals surface area contributed by atoms with Gasteiger partial charge in [-0.05, 0) is 70.7 Å². The van der Waals surface area contributed by atoms with E-state index in [4.69, 9.17) is 23.2 Å². The lowest BCUT2D eigenvalue weighted by atomic mass is 9.89. The van der Waals surface area contributed by atoms with Gasteiger partial charge in [0.2, 0.25) is 0 Å².